The van der Waals surface area contributed by atoms with Crippen LogP contribution in [0, 0.1) is 0 Å². The van der Waals surface area contributed by atoms with Gasteiger partial charge in [0, 0.05) is 29.9 Å². The van der Waals surface area contributed by atoms with E-state index >= 15 is 0 Å². The summed E-state index contributed by atoms with van der Waals surface area (Å²) in [7, 11) is 0. The molecule has 0 spiro atoms. The van der Waals surface area contributed by atoms with Gasteiger partial charge in [0.25, 0.3) is 0 Å². The standard InChI is InChI=1S/C17H23ClN2O3/c1-16(22-10-11-23-16)8-9-19-15(21)20-12-17(6-7-17)13-4-2-3-5-14(13)18/h2-5H,6-12H2,1H3,(H2,19,20,21). The Bertz CT molecular complexity index is 569. The fraction of sp³-hybridized carbons (Fsp3) is 0.588. The summed E-state index contributed by atoms with van der Waals surface area (Å²) >= 11 is 6.28. The van der Waals surface area contributed by atoms with Gasteiger partial charge in [0.1, 0.15) is 0 Å². The number of hydrogen-bond acceptors (Lipinski definition) is 3. The zero-order valence-electron chi connectivity index (χ0n) is 13.4. The van der Waals surface area contributed by atoms with Gasteiger partial charge in [0.2, 0.25) is 0 Å². The topological polar surface area (TPSA) is 59.6 Å². The Balaban J connectivity index is 1.43. The van der Waals surface area contributed by atoms with Gasteiger partial charge in [0.05, 0.1) is 13.2 Å². The number of rotatable bonds is 6. The van der Waals surface area contributed by atoms with Crippen LogP contribution < -0.4 is 10.6 Å². The third-order valence-electron chi connectivity index (χ3n) is 4.65. The zero-order valence-corrected chi connectivity index (χ0v) is 14.1. The molecule has 23 heavy (non-hydrogen) atoms. The highest BCUT2D eigenvalue weighted by atomic mass is 35.5. The first kappa shape index (κ1) is 16.6. The number of nitrogens with one attached hydrogen (secondary N) is 2. The van der Waals surface area contributed by atoms with Crippen molar-refractivity contribution in [2.24, 2.45) is 0 Å². The first-order valence-corrected chi connectivity index (χ1v) is 8.46. The van der Waals surface area contributed by atoms with Crippen molar-refractivity contribution in [1.29, 1.82) is 0 Å². The summed E-state index contributed by atoms with van der Waals surface area (Å²) in [6.07, 6.45) is 2.74. The van der Waals surface area contributed by atoms with Gasteiger partial charge in [-0.1, -0.05) is 29.8 Å². The molecule has 0 aromatic heterocycles. The number of ether oxygens (including phenoxy) is 2. The van der Waals surface area contributed by atoms with E-state index in [-0.39, 0.29) is 11.4 Å². The molecule has 1 aromatic carbocycles. The molecule has 0 bridgehead atoms. The molecule has 2 N–H and O–H groups in total. The minimum Gasteiger partial charge on any atom is -0.348 e. The monoisotopic (exact) mass is 338 g/mol. The van der Waals surface area contributed by atoms with Gasteiger partial charge in [-0.2, -0.15) is 0 Å². The molecule has 1 saturated heterocycles. The van der Waals surface area contributed by atoms with E-state index in [1.54, 1.807) is 0 Å². The highest BCUT2D eigenvalue weighted by molar-refractivity contribution is 6.31. The van der Waals surface area contributed by atoms with E-state index in [0.717, 1.165) is 23.4 Å². The second-order valence-corrected chi connectivity index (χ2v) is 6.86. The molecule has 1 aromatic rings. The van der Waals surface area contributed by atoms with Crippen molar-refractivity contribution in [2.75, 3.05) is 26.3 Å². The number of halogens is 1. The number of urea groups is 1. The molecule has 1 saturated carbocycles. The van der Waals surface area contributed by atoms with Crippen molar-refractivity contribution in [2.45, 2.75) is 37.4 Å². The Labute approximate surface area is 141 Å². The van der Waals surface area contributed by atoms with E-state index in [0.29, 0.717) is 32.7 Å². The molecule has 126 valence electrons. The van der Waals surface area contributed by atoms with Crippen LogP contribution in [0.1, 0.15) is 31.7 Å². The van der Waals surface area contributed by atoms with Gasteiger partial charge in [-0.3, -0.25) is 0 Å². The summed E-state index contributed by atoms with van der Waals surface area (Å²) in [5.74, 6) is -0.567. The van der Waals surface area contributed by atoms with Gasteiger partial charge in [-0.25, -0.2) is 4.79 Å². The molecule has 0 unspecified atom stereocenters. The molecule has 0 radical (unpaired) electrons. The average Bonchev–Trinajstić information content (AvgIpc) is 3.20. The normalized spacial score (nSPS) is 21.0. The Morgan fingerprint density at radius 3 is 2.57 bits per heavy atom. The Morgan fingerprint density at radius 2 is 1.91 bits per heavy atom. The van der Waals surface area contributed by atoms with Crippen molar-refractivity contribution in [3.05, 3.63) is 34.9 Å². The Morgan fingerprint density at radius 1 is 1.22 bits per heavy atom. The summed E-state index contributed by atoms with van der Waals surface area (Å²) in [6, 6.07) is 7.70. The molecule has 1 heterocycles. The molecule has 1 aliphatic carbocycles. The highest BCUT2D eigenvalue weighted by Crippen LogP contribution is 2.49. The predicted molar refractivity (Wildman–Crippen MR) is 88.7 cm³/mol. The lowest BCUT2D eigenvalue weighted by Crippen LogP contribution is -2.42. The van der Waals surface area contributed by atoms with E-state index in [9.17, 15) is 4.79 Å². The summed E-state index contributed by atoms with van der Waals surface area (Å²) in [6.45, 7) is 4.25. The fourth-order valence-electron chi connectivity index (χ4n) is 3.00. The van der Waals surface area contributed by atoms with E-state index in [1.807, 2.05) is 31.2 Å². The van der Waals surface area contributed by atoms with Crippen LogP contribution in [0.15, 0.2) is 24.3 Å². The number of carbonyl (C=O) groups is 1. The number of amides is 2. The molecule has 0 atom stereocenters. The smallest absolute Gasteiger partial charge is 0.314 e. The van der Waals surface area contributed by atoms with Crippen molar-refractivity contribution in [3.63, 3.8) is 0 Å². The number of carbonyl (C=O) groups excluding carboxylic acids is 1. The molecular weight excluding hydrogens is 316 g/mol. The van der Waals surface area contributed by atoms with E-state index in [2.05, 4.69) is 10.6 Å². The Hall–Kier alpha value is -1.30. The quantitative estimate of drug-likeness (QED) is 0.838. The van der Waals surface area contributed by atoms with Crippen molar-refractivity contribution >= 4 is 17.6 Å². The van der Waals surface area contributed by atoms with Crippen LogP contribution >= 0.6 is 11.6 Å². The van der Waals surface area contributed by atoms with Gasteiger partial charge in [0.15, 0.2) is 5.79 Å². The van der Waals surface area contributed by atoms with Crippen LogP contribution in [0.4, 0.5) is 4.79 Å². The fourth-order valence-corrected chi connectivity index (χ4v) is 3.34. The lowest BCUT2D eigenvalue weighted by Gasteiger charge is -2.22. The van der Waals surface area contributed by atoms with Gasteiger partial charge in [-0.15, -0.1) is 0 Å². The van der Waals surface area contributed by atoms with Crippen molar-refractivity contribution in [1.82, 2.24) is 10.6 Å². The molecule has 1 aliphatic heterocycles. The third-order valence-corrected chi connectivity index (χ3v) is 4.98. The summed E-state index contributed by atoms with van der Waals surface area (Å²) in [5.41, 5.74) is 1.13. The first-order chi connectivity index (χ1) is 11.0. The Kier molecular flexibility index (Phi) is 4.80. The molecule has 2 aliphatic rings. The van der Waals surface area contributed by atoms with Crippen LogP contribution in [0.2, 0.25) is 5.02 Å². The molecule has 3 rings (SSSR count). The average molecular weight is 339 g/mol. The van der Waals surface area contributed by atoms with Crippen LogP contribution in [0.3, 0.4) is 0 Å². The van der Waals surface area contributed by atoms with Gasteiger partial charge in [-0.05, 0) is 31.4 Å². The largest absolute Gasteiger partial charge is 0.348 e. The summed E-state index contributed by atoms with van der Waals surface area (Å²) in [5, 5.41) is 6.59. The lowest BCUT2D eigenvalue weighted by atomic mass is 9.96. The van der Waals surface area contributed by atoms with E-state index in [4.69, 9.17) is 21.1 Å². The van der Waals surface area contributed by atoms with E-state index < -0.39 is 5.79 Å². The second-order valence-electron chi connectivity index (χ2n) is 6.45. The van der Waals surface area contributed by atoms with Crippen molar-refractivity contribution in [3.8, 4) is 0 Å². The lowest BCUT2D eigenvalue weighted by molar-refractivity contribution is -0.145. The molecule has 5 nitrogen and oxygen atoms in total. The number of hydrogen-bond donors (Lipinski definition) is 2. The van der Waals surface area contributed by atoms with E-state index in [1.165, 1.54) is 0 Å². The minimum absolute atomic E-state index is 0.000658. The van der Waals surface area contributed by atoms with Crippen LogP contribution in [0.25, 0.3) is 0 Å². The third kappa shape index (κ3) is 3.97. The minimum atomic E-state index is -0.567. The summed E-state index contributed by atoms with van der Waals surface area (Å²) < 4.78 is 11.0. The zero-order chi connectivity index (χ0) is 16.3. The number of benzene rings is 1. The maximum atomic E-state index is 12.0. The van der Waals surface area contributed by atoms with Crippen molar-refractivity contribution < 1.29 is 14.3 Å². The van der Waals surface area contributed by atoms with Crippen LogP contribution in [-0.2, 0) is 14.9 Å². The van der Waals surface area contributed by atoms with Gasteiger partial charge < -0.3 is 20.1 Å². The predicted octanol–water partition coefficient (Wildman–Crippen LogP) is 2.82. The SMILES string of the molecule is CC1(CCNC(=O)NCC2(c3ccccc3Cl)CC2)OCCO1. The van der Waals surface area contributed by atoms with Crippen LogP contribution in [-0.4, -0.2) is 38.1 Å². The molecule has 6 heteroatoms. The molecule has 2 fully saturated rings. The van der Waals surface area contributed by atoms with Gasteiger partial charge >= 0.3 is 6.03 Å². The summed E-state index contributed by atoms with van der Waals surface area (Å²) in [4.78, 5) is 12.0. The maximum Gasteiger partial charge on any atom is 0.314 e. The maximum absolute atomic E-state index is 12.0. The first-order valence-electron chi connectivity index (χ1n) is 8.08. The highest BCUT2D eigenvalue weighted by Gasteiger charge is 2.45. The second kappa shape index (κ2) is 6.67. The molecule has 2 amide bonds. The molecular formula is C17H23ClN2O3. The van der Waals surface area contributed by atoms with Crippen LogP contribution in [0.5, 0.6) is 0 Å².